The molecule has 0 radical (unpaired) electrons. The molecule has 1 aromatic heterocycles. The topological polar surface area (TPSA) is 78.1 Å². The van der Waals surface area contributed by atoms with E-state index in [2.05, 4.69) is 31.4 Å². The van der Waals surface area contributed by atoms with Crippen LogP contribution in [0.4, 0.5) is 0 Å². The van der Waals surface area contributed by atoms with Crippen LogP contribution >= 0.6 is 15.9 Å². The zero-order chi connectivity index (χ0) is 14.8. The molecule has 108 valence electrons. The van der Waals surface area contributed by atoms with Crippen LogP contribution in [0.3, 0.4) is 0 Å². The standard InChI is InChI=1S/C14H13BrN4O2/c15-11-4-2-1-3-10(11)12-13(20)16-5-6-19(12)14(21)9-7-17-18-8-9/h1-4,7-8,12H,5-6H2,(H,16,20)(H,17,18)/t12-/m1/s1. The van der Waals surface area contributed by atoms with Crippen LogP contribution in [0.2, 0.25) is 0 Å². The predicted octanol–water partition coefficient (Wildman–Crippen LogP) is 1.49. The second-order valence-electron chi connectivity index (χ2n) is 4.70. The Balaban J connectivity index is 1.99. The Labute approximate surface area is 129 Å². The van der Waals surface area contributed by atoms with Gasteiger partial charge in [0.15, 0.2) is 0 Å². The zero-order valence-corrected chi connectivity index (χ0v) is 12.6. The lowest BCUT2D eigenvalue weighted by atomic mass is 10.0. The van der Waals surface area contributed by atoms with Gasteiger partial charge in [-0.3, -0.25) is 14.7 Å². The quantitative estimate of drug-likeness (QED) is 0.862. The molecule has 0 bridgehead atoms. The molecule has 0 unspecified atom stereocenters. The number of amides is 2. The third-order valence-corrected chi connectivity index (χ3v) is 4.14. The second kappa shape index (κ2) is 5.69. The van der Waals surface area contributed by atoms with Gasteiger partial charge in [-0.1, -0.05) is 34.1 Å². The lowest BCUT2D eigenvalue weighted by Crippen LogP contribution is -2.52. The number of nitrogens with one attached hydrogen (secondary N) is 2. The molecule has 1 fully saturated rings. The van der Waals surface area contributed by atoms with E-state index in [1.54, 1.807) is 4.90 Å². The lowest BCUT2D eigenvalue weighted by molar-refractivity contribution is -0.128. The van der Waals surface area contributed by atoms with Crippen molar-refractivity contribution in [3.63, 3.8) is 0 Å². The largest absolute Gasteiger partial charge is 0.352 e. The van der Waals surface area contributed by atoms with Crippen molar-refractivity contribution in [1.82, 2.24) is 20.4 Å². The molecular weight excluding hydrogens is 336 g/mol. The fraction of sp³-hybridized carbons (Fsp3) is 0.214. The number of H-pyrrole nitrogens is 1. The Morgan fingerprint density at radius 2 is 2.19 bits per heavy atom. The van der Waals surface area contributed by atoms with Crippen LogP contribution in [0.1, 0.15) is 22.0 Å². The van der Waals surface area contributed by atoms with Crippen molar-refractivity contribution in [2.24, 2.45) is 0 Å². The van der Waals surface area contributed by atoms with Crippen LogP contribution in [-0.2, 0) is 4.79 Å². The summed E-state index contributed by atoms with van der Waals surface area (Å²) >= 11 is 3.45. The smallest absolute Gasteiger partial charge is 0.258 e. The molecule has 1 aliphatic heterocycles. The third kappa shape index (κ3) is 2.56. The van der Waals surface area contributed by atoms with Gasteiger partial charge in [0.25, 0.3) is 5.91 Å². The van der Waals surface area contributed by atoms with Crippen LogP contribution in [0.25, 0.3) is 0 Å². The number of halogens is 1. The Bertz CT molecular complexity index is 671. The normalized spacial score (nSPS) is 18.4. The minimum atomic E-state index is -0.642. The molecule has 1 aromatic carbocycles. The summed E-state index contributed by atoms with van der Waals surface area (Å²) < 4.78 is 0.803. The van der Waals surface area contributed by atoms with Gasteiger partial charge in [-0.25, -0.2) is 0 Å². The van der Waals surface area contributed by atoms with Crippen LogP contribution < -0.4 is 5.32 Å². The summed E-state index contributed by atoms with van der Waals surface area (Å²) in [6.45, 7) is 0.908. The van der Waals surface area contributed by atoms with Gasteiger partial charge in [0, 0.05) is 23.8 Å². The minimum Gasteiger partial charge on any atom is -0.352 e. The van der Waals surface area contributed by atoms with Crippen molar-refractivity contribution in [3.05, 3.63) is 52.3 Å². The van der Waals surface area contributed by atoms with E-state index in [9.17, 15) is 9.59 Å². The van der Waals surface area contributed by atoms with Crippen molar-refractivity contribution < 1.29 is 9.59 Å². The molecule has 21 heavy (non-hydrogen) atoms. The van der Waals surface area contributed by atoms with Crippen LogP contribution in [-0.4, -0.2) is 40.0 Å². The maximum absolute atomic E-state index is 12.6. The molecule has 1 saturated heterocycles. The van der Waals surface area contributed by atoms with E-state index < -0.39 is 6.04 Å². The number of piperazine rings is 1. The number of hydrogen-bond donors (Lipinski definition) is 2. The van der Waals surface area contributed by atoms with Crippen LogP contribution in [0.5, 0.6) is 0 Å². The van der Waals surface area contributed by atoms with Crippen molar-refractivity contribution >= 4 is 27.7 Å². The SMILES string of the molecule is O=C1NCCN(C(=O)c2cn[nH]c2)[C@@H]1c1ccccc1Br. The molecule has 3 rings (SSSR count). The summed E-state index contributed by atoms with van der Waals surface area (Å²) in [6.07, 6.45) is 3.00. The summed E-state index contributed by atoms with van der Waals surface area (Å²) in [5, 5.41) is 9.22. The molecule has 1 atom stereocenters. The summed E-state index contributed by atoms with van der Waals surface area (Å²) in [6, 6.07) is 6.78. The number of hydrogen-bond acceptors (Lipinski definition) is 3. The fourth-order valence-electron chi connectivity index (χ4n) is 2.43. The van der Waals surface area contributed by atoms with Crippen molar-refractivity contribution in [2.75, 3.05) is 13.1 Å². The van der Waals surface area contributed by atoms with Gasteiger partial charge < -0.3 is 10.2 Å². The van der Waals surface area contributed by atoms with Gasteiger partial charge in [-0.15, -0.1) is 0 Å². The fourth-order valence-corrected chi connectivity index (χ4v) is 2.93. The van der Waals surface area contributed by atoms with E-state index in [1.165, 1.54) is 12.4 Å². The van der Waals surface area contributed by atoms with Gasteiger partial charge in [-0.05, 0) is 11.6 Å². The Kier molecular flexibility index (Phi) is 3.74. The van der Waals surface area contributed by atoms with Gasteiger partial charge >= 0.3 is 0 Å². The van der Waals surface area contributed by atoms with Gasteiger partial charge in [-0.2, -0.15) is 5.10 Å². The average molecular weight is 349 g/mol. The predicted molar refractivity (Wildman–Crippen MR) is 79.5 cm³/mol. The molecule has 2 heterocycles. The highest BCUT2D eigenvalue weighted by Gasteiger charge is 2.35. The van der Waals surface area contributed by atoms with Gasteiger partial charge in [0.05, 0.1) is 11.8 Å². The first-order valence-corrected chi connectivity index (χ1v) is 7.29. The number of benzene rings is 1. The molecule has 0 spiro atoms. The molecule has 2 aromatic rings. The van der Waals surface area contributed by atoms with Gasteiger partial charge in [0.1, 0.15) is 6.04 Å². The summed E-state index contributed by atoms with van der Waals surface area (Å²) in [5.41, 5.74) is 1.22. The lowest BCUT2D eigenvalue weighted by Gasteiger charge is -2.35. The van der Waals surface area contributed by atoms with Crippen molar-refractivity contribution in [3.8, 4) is 0 Å². The molecule has 1 aliphatic rings. The number of nitrogens with zero attached hydrogens (tertiary/aromatic N) is 2. The van der Waals surface area contributed by atoms with E-state index in [1.807, 2.05) is 24.3 Å². The second-order valence-corrected chi connectivity index (χ2v) is 5.55. The first-order chi connectivity index (χ1) is 10.2. The number of aromatic nitrogens is 2. The maximum atomic E-state index is 12.6. The highest BCUT2D eigenvalue weighted by atomic mass is 79.9. The Morgan fingerprint density at radius 1 is 1.38 bits per heavy atom. The average Bonchev–Trinajstić information content (AvgIpc) is 3.01. The van der Waals surface area contributed by atoms with Crippen molar-refractivity contribution in [2.45, 2.75) is 6.04 Å². The summed E-state index contributed by atoms with van der Waals surface area (Å²) in [5.74, 6) is -0.385. The molecular formula is C14H13BrN4O2. The minimum absolute atomic E-state index is 0.176. The summed E-state index contributed by atoms with van der Waals surface area (Å²) in [7, 11) is 0. The Hall–Kier alpha value is -2.15. The molecule has 7 heteroatoms. The summed E-state index contributed by atoms with van der Waals surface area (Å²) in [4.78, 5) is 26.4. The zero-order valence-electron chi connectivity index (χ0n) is 11.0. The molecule has 6 nitrogen and oxygen atoms in total. The number of carbonyl (C=O) groups excluding carboxylic acids is 2. The number of rotatable bonds is 2. The van der Waals surface area contributed by atoms with E-state index in [4.69, 9.17) is 0 Å². The molecule has 0 saturated carbocycles. The van der Waals surface area contributed by atoms with E-state index in [0.717, 1.165) is 10.0 Å². The Morgan fingerprint density at radius 3 is 2.90 bits per heavy atom. The molecule has 2 amide bonds. The van der Waals surface area contributed by atoms with E-state index in [-0.39, 0.29) is 11.8 Å². The van der Waals surface area contributed by atoms with Crippen molar-refractivity contribution in [1.29, 1.82) is 0 Å². The van der Waals surface area contributed by atoms with E-state index in [0.29, 0.717) is 18.7 Å². The van der Waals surface area contributed by atoms with Crippen LogP contribution in [0.15, 0.2) is 41.1 Å². The third-order valence-electron chi connectivity index (χ3n) is 3.42. The maximum Gasteiger partial charge on any atom is 0.258 e. The highest BCUT2D eigenvalue weighted by molar-refractivity contribution is 9.10. The molecule has 2 N–H and O–H groups in total. The molecule has 0 aliphatic carbocycles. The first-order valence-electron chi connectivity index (χ1n) is 6.50. The number of carbonyl (C=O) groups is 2. The monoisotopic (exact) mass is 348 g/mol. The highest BCUT2D eigenvalue weighted by Crippen LogP contribution is 2.30. The van der Waals surface area contributed by atoms with E-state index >= 15 is 0 Å². The van der Waals surface area contributed by atoms with Crippen LogP contribution in [0, 0.1) is 0 Å². The van der Waals surface area contributed by atoms with Gasteiger partial charge in [0.2, 0.25) is 5.91 Å². The number of aromatic amines is 1. The first kappa shape index (κ1) is 13.8.